The number of ether oxygens (including phenoxy) is 1. The number of aromatic nitrogens is 5. The van der Waals surface area contributed by atoms with Crippen LogP contribution in [0, 0.1) is 0 Å². The van der Waals surface area contributed by atoms with Gasteiger partial charge in [-0.15, -0.1) is 10.2 Å². The van der Waals surface area contributed by atoms with Gasteiger partial charge in [-0.3, -0.25) is 0 Å². The van der Waals surface area contributed by atoms with E-state index < -0.39 is 0 Å². The van der Waals surface area contributed by atoms with E-state index >= 15 is 0 Å². The van der Waals surface area contributed by atoms with Crippen molar-refractivity contribution in [1.29, 1.82) is 0 Å². The second kappa shape index (κ2) is 8.20. The Morgan fingerprint density at radius 1 is 1.13 bits per heavy atom. The molecule has 0 unspecified atom stereocenters. The zero-order valence-corrected chi connectivity index (χ0v) is 19.0. The second-order valence-electron chi connectivity index (χ2n) is 7.64. The molecule has 9 heteroatoms. The van der Waals surface area contributed by atoms with Gasteiger partial charge >= 0.3 is 0 Å². The summed E-state index contributed by atoms with van der Waals surface area (Å²) >= 11 is 9.64. The quantitative estimate of drug-likeness (QED) is 0.363. The summed E-state index contributed by atoms with van der Waals surface area (Å²) in [6, 6.07) is 13.2. The molecule has 0 fully saturated rings. The van der Waals surface area contributed by atoms with Crippen LogP contribution in [0.25, 0.3) is 17.4 Å². The first-order chi connectivity index (χ1) is 14.3. The molecule has 0 spiro atoms. The van der Waals surface area contributed by atoms with E-state index in [1.165, 1.54) is 5.56 Å². The molecule has 0 aliphatic heterocycles. The van der Waals surface area contributed by atoms with E-state index in [4.69, 9.17) is 20.8 Å². The van der Waals surface area contributed by atoms with Crippen molar-refractivity contribution in [2.45, 2.75) is 32.8 Å². The van der Waals surface area contributed by atoms with E-state index in [1.807, 2.05) is 12.1 Å². The van der Waals surface area contributed by atoms with E-state index in [9.17, 15) is 0 Å². The molecular formula is C21H19BrClN5O2. The maximum Gasteiger partial charge on any atom is 0.266 e. The van der Waals surface area contributed by atoms with Crippen molar-refractivity contribution >= 4 is 27.5 Å². The lowest BCUT2D eigenvalue weighted by molar-refractivity contribution is 0.264. The van der Waals surface area contributed by atoms with Crippen molar-refractivity contribution in [3.05, 3.63) is 69.7 Å². The first kappa shape index (κ1) is 20.6. The van der Waals surface area contributed by atoms with Crippen molar-refractivity contribution in [3.8, 4) is 23.2 Å². The van der Waals surface area contributed by atoms with Gasteiger partial charge in [-0.2, -0.15) is 5.10 Å². The molecule has 3 heterocycles. The largest absolute Gasteiger partial charge is 0.484 e. The number of benzene rings is 1. The summed E-state index contributed by atoms with van der Waals surface area (Å²) in [4.78, 5) is 4.29. The van der Waals surface area contributed by atoms with Crippen molar-refractivity contribution < 1.29 is 9.15 Å². The van der Waals surface area contributed by atoms with Crippen LogP contribution in [0.2, 0.25) is 5.02 Å². The van der Waals surface area contributed by atoms with Gasteiger partial charge in [0.05, 0.1) is 5.02 Å². The highest BCUT2D eigenvalue weighted by molar-refractivity contribution is 9.10. The summed E-state index contributed by atoms with van der Waals surface area (Å²) in [7, 11) is 0. The fraction of sp³-hybridized carbons (Fsp3) is 0.238. The van der Waals surface area contributed by atoms with Crippen molar-refractivity contribution in [2.75, 3.05) is 0 Å². The fourth-order valence-corrected chi connectivity index (χ4v) is 3.39. The lowest BCUT2D eigenvalue weighted by Crippen LogP contribution is -2.10. The smallest absolute Gasteiger partial charge is 0.266 e. The van der Waals surface area contributed by atoms with E-state index in [-0.39, 0.29) is 17.9 Å². The van der Waals surface area contributed by atoms with Gasteiger partial charge in [-0.1, -0.05) is 44.5 Å². The van der Waals surface area contributed by atoms with Crippen LogP contribution in [-0.4, -0.2) is 25.0 Å². The number of rotatable bonds is 5. The lowest BCUT2D eigenvalue weighted by Gasteiger charge is -2.19. The summed E-state index contributed by atoms with van der Waals surface area (Å²) in [5.74, 6) is 1.84. The van der Waals surface area contributed by atoms with Crippen molar-refractivity contribution in [3.63, 3.8) is 0 Å². The average molecular weight is 489 g/mol. The third-order valence-electron chi connectivity index (χ3n) is 4.39. The molecule has 4 aromatic rings. The van der Waals surface area contributed by atoms with Gasteiger partial charge in [-0.25, -0.2) is 9.67 Å². The van der Waals surface area contributed by atoms with Crippen LogP contribution < -0.4 is 4.74 Å². The number of hydrogen-bond donors (Lipinski definition) is 0. The van der Waals surface area contributed by atoms with Gasteiger partial charge in [0.1, 0.15) is 16.0 Å². The molecule has 154 valence electrons. The first-order valence-electron chi connectivity index (χ1n) is 9.24. The topological polar surface area (TPSA) is 78.9 Å². The SMILES string of the molecule is CC(C)(C)c1ccc(OCc2nnc(-c3cc(Br)nn3-c3ncccc3Cl)o2)cc1. The van der Waals surface area contributed by atoms with Crippen LogP contribution in [0.4, 0.5) is 0 Å². The normalized spacial score (nSPS) is 11.6. The molecule has 0 aliphatic carbocycles. The Labute approximate surface area is 187 Å². The monoisotopic (exact) mass is 487 g/mol. The third kappa shape index (κ3) is 4.39. The van der Waals surface area contributed by atoms with E-state index in [0.717, 1.165) is 5.75 Å². The number of hydrogen-bond acceptors (Lipinski definition) is 6. The second-order valence-corrected chi connectivity index (χ2v) is 8.86. The molecule has 7 nitrogen and oxygen atoms in total. The lowest BCUT2D eigenvalue weighted by atomic mass is 9.87. The van der Waals surface area contributed by atoms with Gasteiger partial charge in [0.25, 0.3) is 11.8 Å². The number of nitrogens with zero attached hydrogens (tertiary/aromatic N) is 5. The Balaban J connectivity index is 1.52. The summed E-state index contributed by atoms with van der Waals surface area (Å²) in [5, 5.41) is 13.0. The minimum atomic E-state index is 0.0909. The van der Waals surface area contributed by atoms with Gasteiger partial charge in [-0.05, 0) is 51.2 Å². The predicted octanol–water partition coefficient (Wildman–Crippen LogP) is 5.61. The Kier molecular flexibility index (Phi) is 5.62. The number of halogens is 2. The van der Waals surface area contributed by atoms with Gasteiger partial charge in [0.2, 0.25) is 0 Å². The van der Waals surface area contributed by atoms with Gasteiger partial charge < -0.3 is 9.15 Å². The maximum absolute atomic E-state index is 6.26. The molecule has 30 heavy (non-hydrogen) atoms. The standard InChI is InChI=1S/C21H19BrClN5O2/c1-21(2,3)13-6-8-14(9-7-13)29-12-18-25-26-20(30-18)16-11-17(22)27-28(16)19-15(23)5-4-10-24-19/h4-11H,12H2,1-3H3. The van der Waals surface area contributed by atoms with Crippen molar-refractivity contribution in [1.82, 2.24) is 25.0 Å². The molecule has 1 aromatic carbocycles. The minimum Gasteiger partial charge on any atom is -0.484 e. The molecule has 0 saturated carbocycles. The third-order valence-corrected chi connectivity index (χ3v) is 5.07. The molecule has 3 aromatic heterocycles. The zero-order chi connectivity index (χ0) is 21.3. The summed E-state index contributed by atoms with van der Waals surface area (Å²) < 4.78 is 13.7. The summed E-state index contributed by atoms with van der Waals surface area (Å²) in [6.07, 6.45) is 1.64. The average Bonchev–Trinajstić information content (AvgIpc) is 3.33. The van der Waals surface area contributed by atoms with E-state index in [2.05, 4.69) is 69.1 Å². The highest BCUT2D eigenvalue weighted by Crippen LogP contribution is 2.28. The summed E-state index contributed by atoms with van der Waals surface area (Å²) in [5.41, 5.74) is 1.89. The molecule has 0 N–H and O–H groups in total. The molecular weight excluding hydrogens is 470 g/mol. The highest BCUT2D eigenvalue weighted by atomic mass is 79.9. The number of pyridine rings is 1. The zero-order valence-electron chi connectivity index (χ0n) is 16.6. The van der Waals surface area contributed by atoms with Gasteiger partial charge in [0.15, 0.2) is 12.4 Å². The Bertz CT molecular complexity index is 1160. The maximum atomic E-state index is 6.26. The highest BCUT2D eigenvalue weighted by Gasteiger charge is 2.19. The molecule has 0 bridgehead atoms. The fourth-order valence-electron chi connectivity index (χ4n) is 2.81. The Morgan fingerprint density at radius 3 is 2.60 bits per heavy atom. The van der Waals surface area contributed by atoms with Crippen LogP contribution >= 0.6 is 27.5 Å². The molecule has 0 radical (unpaired) electrons. The van der Waals surface area contributed by atoms with E-state index in [0.29, 0.717) is 27.0 Å². The van der Waals surface area contributed by atoms with Crippen LogP contribution in [0.1, 0.15) is 32.2 Å². The molecule has 0 saturated heterocycles. The Morgan fingerprint density at radius 2 is 1.90 bits per heavy atom. The van der Waals surface area contributed by atoms with Gasteiger partial charge in [0, 0.05) is 12.3 Å². The van der Waals surface area contributed by atoms with E-state index in [1.54, 1.807) is 29.1 Å². The first-order valence-corrected chi connectivity index (χ1v) is 10.4. The predicted molar refractivity (Wildman–Crippen MR) is 117 cm³/mol. The molecule has 0 aliphatic rings. The van der Waals surface area contributed by atoms with Crippen LogP contribution in [0.5, 0.6) is 5.75 Å². The minimum absolute atomic E-state index is 0.0909. The van der Waals surface area contributed by atoms with Crippen LogP contribution in [0.15, 0.2) is 57.7 Å². The van der Waals surface area contributed by atoms with Crippen LogP contribution in [0.3, 0.4) is 0 Å². The molecule has 0 amide bonds. The molecule has 4 rings (SSSR count). The van der Waals surface area contributed by atoms with Crippen molar-refractivity contribution in [2.24, 2.45) is 0 Å². The Hall–Kier alpha value is -2.71. The van der Waals surface area contributed by atoms with Crippen LogP contribution in [-0.2, 0) is 12.0 Å². The summed E-state index contributed by atoms with van der Waals surface area (Å²) in [6.45, 7) is 6.67. The molecule has 0 atom stereocenters.